The topological polar surface area (TPSA) is 105 Å². The summed E-state index contributed by atoms with van der Waals surface area (Å²) in [7, 11) is -1.98. The van der Waals surface area contributed by atoms with E-state index in [4.69, 9.17) is 18.9 Å². The Morgan fingerprint density at radius 1 is 0.636 bits per heavy atom. The number of ether oxygens (including phenoxy) is 4. The van der Waals surface area contributed by atoms with E-state index in [9.17, 15) is 19.2 Å². The number of carbonyl (C=O) groups is 4. The van der Waals surface area contributed by atoms with Crippen LogP contribution in [0.2, 0.25) is 12.1 Å². The van der Waals surface area contributed by atoms with Gasteiger partial charge in [-0.1, -0.05) is 12.1 Å². The Bertz CT molecular complexity index is 342. The first-order valence-electron chi connectivity index (χ1n) is 6.89. The molecule has 126 valence electrons. The maximum Gasteiger partial charge on any atom is 0.305 e. The fourth-order valence-electron chi connectivity index (χ4n) is 1.65. The molecule has 0 saturated carbocycles. The molecule has 0 spiro atoms. The minimum Gasteiger partial charge on any atom is -0.431 e. The highest BCUT2D eigenvalue weighted by Crippen LogP contribution is 2.04. The summed E-state index contributed by atoms with van der Waals surface area (Å²) in [6.07, 6.45) is 0. The van der Waals surface area contributed by atoms with Crippen molar-refractivity contribution in [3.05, 3.63) is 0 Å². The maximum absolute atomic E-state index is 10.9. The molecule has 0 saturated heterocycles. The van der Waals surface area contributed by atoms with Crippen LogP contribution < -0.4 is 0 Å². The second-order valence-electron chi connectivity index (χ2n) is 4.58. The standard InChI is InChI=1S/C12H22O8Si2/c1-7(13)17-11(18-8(2)14)21-5-6-22-12(19-9(3)15)20-10(4)16/h11-12H,5-6,21-22H2,1-4H3. The van der Waals surface area contributed by atoms with Gasteiger partial charge in [-0.15, -0.1) is 0 Å². The van der Waals surface area contributed by atoms with Crippen LogP contribution in [0, 0.1) is 0 Å². The van der Waals surface area contributed by atoms with E-state index in [1.807, 2.05) is 0 Å². The van der Waals surface area contributed by atoms with Crippen molar-refractivity contribution in [2.75, 3.05) is 0 Å². The summed E-state index contributed by atoms with van der Waals surface area (Å²) in [6.45, 7) is 4.99. The van der Waals surface area contributed by atoms with E-state index in [1.165, 1.54) is 27.7 Å². The second-order valence-corrected chi connectivity index (χ2v) is 8.48. The lowest BCUT2D eigenvalue weighted by Crippen LogP contribution is -2.31. The second kappa shape index (κ2) is 11.0. The molecule has 0 rings (SSSR count). The minimum atomic E-state index is -0.990. The van der Waals surface area contributed by atoms with Crippen LogP contribution in [-0.4, -0.2) is 54.7 Å². The summed E-state index contributed by atoms with van der Waals surface area (Å²) >= 11 is 0. The van der Waals surface area contributed by atoms with Crippen LogP contribution in [0.1, 0.15) is 27.7 Å². The molecule has 0 bridgehead atoms. The molecule has 0 fully saturated rings. The quantitative estimate of drug-likeness (QED) is 0.225. The van der Waals surface area contributed by atoms with Crippen LogP contribution in [0.15, 0.2) is 0 Å². The first-order chi connectivity index (χ1) is 10.2. The molecule has 22 heavy (non-hydrogen) atoms. The number of hydrogen-bond acceptors (Lipinski definition) is 8. The predicted molar refractivity (Wildman–Crippen MR) is 81.3 cm³/mol. The molecule has 0 N–H and O–H groups in total. The van der Waals surface area contributed by atoms with Crippen LogP contribution in [0.4, 0.5) is 0 Å². The van der Waals surface area contributed by atoms with Crippen LogP contribution >= 0.6 is 0 Å². The Morgan fingerprint density at radius 2 is 0.864 bits per heavy atom. The molecule has 0 amide bonds. The Hall–Kier alpha value is -1.69. The summed E-state index contributed by atoms with van der Waals surface area (Å²) in [6, 6.07) is 1.44. The minimum absolute atomic E-state index is 0.506. The SMILES string of the molecule is CC(=O)OC(OC(C)=O)[SiH2]CC[SiH2]C(OC(C)=O)OC(C)=O. The fourth-order valence-corrected chi connectivity index (χ4v) is 6.03. The molecule has 0 aliphatic heterocycles. The zero-order valence-electron chi connectivity index (χ0n) is 13.2. The first kappa shape index (κ1) is 20.3. The van der Waals surface area contributed by atoms with Gasteiger partial charge in [0.2, 0.25) is 11.8 Å². The lowest BCUT2D eigenvalue weighted by atomic mass is 10.8. The van der Waals surface area contributed by atoms with Crippen LogP contribution in [0.3, 0.4) is 0 Å². The van der Waals surface area contributed by atoms with Gasteiger partial charge in [0, 0.05) is 27.7 Å². The van der Waals surface area contributed by atoms with E-state index in [0.29, 0.717) is 0 Å². The third-order valence-electron chi connectivity index (χ3n) is 2.32. The molecule has 0 heterocycles. The van der Waals surface area contributed by atoms with Gasteiger partial charge >= 0.3 is 23.9 Å². The molecule has 0 aliphatic rings. The van der Waals surface area contributed by atoms with Gasteiger partial charge in [0.15, 0.2) is 0 Å². The van der Waals surface area contributed by atoms with Gasteiger partial charge in [-0.25, -0.2) is 0 Å². The fraction of sp³-hybridized carbons (Fsp3) is 0.667. The monoisotopic (exact) mass is 350 g/mol. The molecule has 8 nitrogen and oxygen atoms in total. The smallest absolute Gasteiger partial charge is 0.305 e. The van der Waals surface area contributed by atoms with E-state index in [2.05, 4.69) is 0 Å². The predicted octanol–water partition coefficient (Wildman–Crippen LogP) is -1.02. The van der Waals surface area contributed by atoms with Gasteiger partial charge in [0.05, 0.1) is 0 Å². The molecular weight excluding hydrogens is 328 g/mol. The molecule has 0 aliphatic carbocycles. The lowest BCUT2D eigenvalue weighted by molar-refractivity contribution is -0.173. The number of hydrogen-bond donors (Lipinski definition) is 0. The third-order valence-corrected chi connectivity index (χ3v) is 6.75. The highest BCUT2D eigenvalue weighted by Gasteiger charge is 2.18. The Kier molecular flexibility index (Phi) is 10.1. The van der Waals surface area contributed by atoms with Crippen molar-refractivity contribution in [2.24, 2.45) is 0 Å². The maximum atomic E-state index is 10.9. The van der Waals surface area contributed by atoms with Gasteiger partial charge in [0.1, 0.15) is 19.0 Å². The van der Waals surface area contributed by atoms with E-state index in [0.717, 1.165) is 12.1 Å². The van der Waals surface area contributed by atoms with E-state index in [1.54, 1.807) is 0 Å². The van der Waals surface area contributed by atoms with Crippen LogP contribution in [-0.2, 0) is 38.1 Å². The molecule has 0 aromatic heterocycles. The molecule has 0 radical (unpaired) electrons. The summed E-state index contributed by atoms with van der Waals surface area (Å²) < 4.78 is 19.7. The van der Waals surface area contributed by atoms with Crippen molar-refractivity contribution in [3.8, 4) is 0 Å². The Morgan fingerprint density at radius 3 is 1.05 bits per heavy atom. The zero-order chi connectivity index (χ0) is 17.1. The summed E-state index contributed by atoms with van der Waals surface area (Å²) in [4.78, 5) is 43.7. The third kappa shape index (κ3) is 12.1. The van der Waals surface area contributed by atoms with Crippen molar-refractivity contribution in [3.63, 3.8) is 0 Å². The lowest BCUT2D eigenvalue weighted by Gasteiger charge is -2.18. The average molecular weight is 350 g/mol. The highest BCUT2D eigenvalue weighted by atomic mass is 28.2. The average Bonchev–Trinajstić information content (AvgIpc) is 2.31. The summed E-state index contributed by atoms with van der Waals surface area (Å²) in [5, 5.41) is 0. The molecule has 0 aromatic carbocycles. The number of rotatable bonds is 9. The largest absolute Gasteiger partial charge is 0.431 e. The number of esters is 4. The van der Waals surface area contributed by atoms with Gasteiger partial charge in [-0.05, 0) is 0 Å². The Balaban J connectivity index is 4.20. The van der Waals surface area contributed by atoms with Gasteiger partial charge < -0.3 is 18.9 Å². The highest BCUT2D eigenvalue weighted by molar-refractivity contribution is 6.43. The summed E-state index contributed by atoms with van der Waals surface area (Å²) in [5.41, 5.74) is 0. The normalized spacial score (nSPS) is 11.4. The molecular formula is C12H22O8Si2. The van der Waals surface area contributed by atoms with E-state index < -0.39 is 54.7 Å². The van der Waals surface area contributed by atoms with Crippen LogP contribution in [0.25, 0.3) is 0 Å². The van der Waals surface area contributed by atoms with Crippen LogP contribution in [0.5, 0.6) is 0 Å². The van der Waals surface area contributed by atoms with Crippen molar-refractivity contribution < 1.29 is 38.1 Å². The van der Waals surface area contributed by atoms with Crippen molar-refractivity contribution in [1.29, 1.82) is 0 Å². The van der Waals surface area contributed by atoms with Gasteiger partial charge in [0.25, 0.3) is 0 Å². The Labute approximate surface area is 133 Å². The molecule has 10 heteroatoms. The van der Waals surface area contributed by atoms with E-state index >= 15 is 0 Å². The first-order valence-corrected chi connectivity index (χ1v) is 10.5. The van der Waals surface area contributed by atoms with Gasteiger partial charge in [-0.2, -0.15) is 0 Å². The zero-order valence-corrected chi connectivity index (χ0v) is 16.1. The molecule has 0 aromatic rings. The molecule has 0 unspecified atom stereocenters. The van der Waals surface area contributed by atoms with Crippen molar-refractivity contribution >= 4 is 42.9 Å². The van der Waals surface area contributed by atoms with Crippen molar-refractivity contribution in [2.45, 2.75) is 51.6 Å². The number of carbonyl (C=O) groups excluding carboxylic acids is 4. The van der Waals surface area contributed by atoms with E-state index in [-0.39, 0.29) is 0 Å². The van der Waals surface area contributed by atoms with Crippen molar-refractivity contribution in [1.82, 2.24) is 0 Å². The van der Waals surface area contributed by atoms with Gasteiger partial charge in [-0.3, -0.25) is 19.2 Å². The molecule has 0 atom stereocenters. The summed E-state index contributed by atoms with van der Waals surface area (Å²) in [5.74, 6) is -3.60.